The fourth-order valence-corrected chi connectivity index (χ4v) is 1.27. The van der Waals surface area contributed by atoms with Crippen LogP contribution in [0.3, 0.4) is 0 Å². The van der Waals surface area contributed by atoms with E-state index in [1.54, 1.807) is 12.2 Å². The van der Waals surface area contributed by atoms with E-state index in [1.807, 2.05) is 37.3 Å². The van der Waals surface area contributed by atoms with Gasteiger partial charge in [0.1, 0.15) is 0 Å². The molecule has 1 aromatic carbocycles. The molecule has 72 valence electrons. The molecule has 14 heavy (non-hydrogen) atoms. The van der Waals surface area contributed by atoms with Gasteiger partial charge < -0.3 is 0 Å². The SMILES string of the molecule is C=C/C=C/CC(=O)c1ccccc1C. The van der Waals surface area contributed by atoms with Gasteiger partial charge in [-0.15, -0.1) is 0 Å². The molecule has 0 aliphatic carbocycles. The summed E-state index contributed by atoms with van der Waals surface area (Å²) in [5, 5.41) is 0. The van der Waals surface area contributed by atoms with Crippen molar-refractivity contribution in [2.75, 3.05) is 0 Å². The Kier molecular flexibility index (Phi) is 3.86. The Morgan fingerprint density at radius 1 is 1.43 bits per heavy atom. The first-order valence-corrected chi connectivity index (χ1v) is 4.62. The molecule has 0 radical (unpaired) electrons. The van der Waals surface area contributed by atoms with Gasteiger partial charge in [0, 0.05) is 12.0 Å². The van der Waals surface area contributed by atoms with Crippen LogP contribution in [0.2, 0.25) is 0 Å². The second-order valence-electron chi connectivity index (χ2n) is 3.11. The van der Waals surface area contributed by atoms with Gasteiger partial charge >= 0.3 is 0 Å². The van der Waals surface area contributed by atoms with Gasteiger partial charge in [0.05, 0.1) is 0 Å². The number of hydrogen-bond acceptors (Lipinski definition) is 1. The van der Waals surface area contributed by atoms with Gasteiger partial charge in [0.25, 0.3) is 0 Å². The van der Waals surface area contributed by atoms with Crippen LogP contribution < -0.4 is 0 Å². The number of carbonyl (C=O) groups excluding carboxylic acids is 1. The van der Waals surface area contributed by atoms with Crippen molar-refractivity contribution in [2.24, 2.45) is 0 Å². The van der Waals surface area contributed by atoms with Crippen LogP contribution in [-0.2, 0) is 0 Å². The predicted molar refractivity (Wildman–Crippen MR) is 59.5 cm³/mol. The molecule has 0 saturated carbocycles. The van der Waals surface area contributed by atoms with Crippen LogP contribution in [-0.4, -0.2) is 5.78 Å². The van der Waals surface area contributed by atoms with Crippen molar-refractivity contribution < 1.29 is 4.79 Å². The first-order chi connectivity index (χ1) is 6.75. The highest BCUT2D eigenvalue weighted by atomic mass is 16.1. The molecular formula is C13H14O. The number of aryl methyl sites for hydroxylation is 1. The van der Waals surface area contributed by atoms with Crippen molar-refractivity contribution in [3.8, 4) is 0 Å². The summed E-state index contributed by atoms with van der Waals surface area (Å²) in [6.45, 7) is 5.50. The van der Waals surface area contributed by atoms with E-state index in [-0.39, 0.29) is 5.78 Å². The molecule has 0 aliphatic heterocycles. The standard InChI is InChI=1S/C13H14O/c1-3-4-5-10-13(14)12-9-7-6-8-11(12)2/h3-9H,1,10H2,2H3/b5-4+. The van der Waals surface area contributed by atoms with E-state index in [4.69, 9.17) is 0 Å². The minimum atomic E-state index is 0.154. The number of allylic oxidation sites excluding steroid dienone is 3. The van der Waals surface area contributed by atoms with E-state index >= 15 is 0 Å². The summed E-state index contributed by atoms with van der Waals surface area (Å²) in [6, 6.07) is 7.63. The Morgan fingerprint density at radius 3 is 2.79 bits per heavy atom. The molecule has 0 heterocycles. The lowest BCUT2D eigenvalue weighted by Crippen LogP contribution is -1.99. The average molecular weight is 186 g/mol. The van der Waals surface area contributed by atoms with Crippen LogP contribution in [0.5, 0.6) is 0 Å². The monoisotopic (exact) mass is 186 g/mol. The first kappa shape index (κ1) is 10.5. The second-order valence-corrected chi connectivity index (χ2v) is 3.11. The van der Waals surface area contributed by atoms with Gasteiger partial charge in [0.2, 0.25) is 0 Å². The maximum atomic E-state index is 11.7. The minimum absolute atomic E-state index is 0.154. The Hall–Kier alpha value is -1.63. The molecule has 1 heteroatoms. The van der Waals surface area contributed by atoms with E-state index in [1.165, 1.54) is 0 Å². The molecule has 0 atom stereocenters. The first-order valence-electron chi connectivity index (χ1n) is 4.62. The zero-order valence-electron chi connectivity index (χ0n) is 8.36. The molecule has 0 bridgehead atoms. The lowest BCUT2D eigenvalue weighted by Gasteiger charge is -2.01. The smallest absolute Gasteiger partial charge is 0.166 e. The predicted octanol–water partition coefficient (Wildman–Crippen LogP) is 3.31. The highest BCUT2D eigenvalue weighted by Crippen LogP contribution is 2.09. The van der Waals surface area contributed by atoms with Gasteiger partial charge in [0.15, 0.2) is 5.78 Å². The second kappa shape index (κ2) is 5.18. The third-order valence-electron chi connectivity index (χ3n) is 2.02. The fourth-order valence-electron chi connectivity index (χ4n) is 1.27. The third kappa shape index (κ3) is 2.70. The Balaban J connectivity index is 2.75. The van der Waals surface area contributed by atoms with Crippen molar-refractivity contribution >= 4 is 5.78 Å². The van der Waals surface area contributed by atoms with Crippen molar-refractivity contribution in [3.05, 3.63) is 60.2 Å². The number of rotatable bonds is 4. The summed E-state index contributed by atoms with van der Waals surface area (Å²) in [5.74, 6) is 0.154. The highest BCUT2D eigenvalue weighted by Gasteiger charge is 2.05. The van der Waals surface area contributed by atoms with Gasteiger partial charge in [-0.05, 0) is 12.5 Å². The van der Waals surface area contributed by atoms with Crippen LogP contribution in [0.1, 0.15) is 22.3 Å². The zero-order valence-corrected chi connectivity index (χ0v) is 8.36. The maximum Gasteiger partial charge on any atom is 0.166 e. The molecule has 0 aromatic heterocycles. The largest absolute Gasteiger partial charge is 0.294 e. The van der Waals surface area contributed by atoms with Crippen LogP contribution in [0.15, 0.2) is 49.1 Å². The number of benzene rings is 1. The molecule has 0 unspecified atom stereocenters. The molecule has 1 aromatic rings. The van der Waals surface area contributed by atoms with Crippen LogP contribution in [0, 0.1) is 6.92 Å². The topological polar surface area (TPSA) is 17.1 Å². The van der Waals surface area contributed by atoms with Crippen LogP contribution in [0.4, 0.5) is 0 Å². The minimum Gasteiger partial charge on any atom is -0.294 e. The number of hydrogen-bond donors (Lipinski definition) is 0. The van der Waals surface area contributed by atoms with Crippen LogP contribution >= 0.6 is 0 Å². The zero-order chi connectivity index (χ0) is 10.4. The molecule has 0 aliphatic rings. The van der Waals surface area contributed by atoms with E-state index < -0.39 is 0 Å². The molecule has 0 saturated heterocycles. The third-order valence-corrected chi connectivity index (χ3v) is 2.02. The summed E-state index contributed by atoms with van der Waals surface area (Å²) in [7, 11) is 0. The normalized spacial score (nSPS) is 10.4. The quantitative estimate of drug-likeness (QED) is 0.520. The van der Waals surface area contributed by atoms with Crippen LogP contribution in [0.25, 0.3) is 0 Å². The van der Waals surface area contributed by atoms with Crippen molar-refractivity contribution in [1.82, 2.24) is 0 Å². The lowest BCUT2D eigenvalue weighted by molar-refractivity contribution is 0.0995. The molecule has 1 rings (SSSR count). The molecule has 0 amide bonds. The molecular weight excluding hydrogens is 172 g/mol. The Morgan fingerprint density at radius 2 is 2.14 bits per heavy atom. The molecule has 0 spiro atoms. The van der Waals surface area contributed by atoms with Crippen molar-refractivity contribution in [3.63, 3.8) is 0 Å². The summed E-state index contributed by atoms with van der Waals surface area (Å²) < 4.78 is 0. The van der Waals surface area contributed by atoms with E-state index in [0.717, 1.165) is 11.1 Å². The van der Waals surface area contributed by atoms with Gasteiger partial charge in [-0.1, -0.05) is 49.1 Å². The maximum absolute atomic E-state index is 11.7. The summed E-state index contributed by atoms with van der Waals surface area (Å²) in [5.41, 5.74) is 1.84. The molecule has 0 N–H and O–H groups in total. The van der Waals surface area contributed by atoms with Crippen molar-refractivity contribution in [1.29, 1.82) is 0 Å². The van der Waals surface area contributed by atoms with E-state index in [9.17, 15) is 4.79 Å². The molecule has 1 nitrogen and oxygen atoms in total. The Bertz CT molecular complexity index is 361. The van der Waals surface area contributed by atoms with E-state index in [2.05, 4.69) is 6.58 Å². The number of carbonyl (C=O) groups is 1. The lowest BCUT2D eigenvalue weighted by atomic mass is 10.0. The number of Topliss-reactive ketones (excluding diaryl/α,β-unsaturated/α-hetero) is 1. The van der Waals surface area contributed by atoms with E-state index in [0.29, 0.717) is 6.42 Å². The summed E-state index contributed by atoms with van der Waals surface area (Å²) in [4.78, 5) is 11.7. The summed E-state index contributed by atoms with van der Waals surface area (Å²) in [6.07, 6.45) is 5.72. The number of ketones is 1. The van der Waals surface area contributed by atoms with Crippen molar-refractivity contribution in [2.45, 2.75) is 13.3 Å². The molecule has 0 fully saturated rings. The van der Waals surface area contributed by atoms with Gasteiger partial charge in [-0.25, -0.2) is 0 Å². The Labute approximate surface area is 84.8 Å². The fraction of sp³-hybridized carbons (Fsp3) is 0.154. The average Bonchev–Trinajstić information content (AvgIpc) is 2.18. The van der Waals surface area contributed by atoms with Gasteiger partial charge in [-0.3, -0.25) is 4.79 Å². The summed E-state index contributed by atoms with van der Waals surface area (Å²) >= 11 is 0. The highest BCUT2D eigenvalue weighted by molar-refractivity contribution is 5.98. The van der Waals surface area contributed by atoms with Gasteiger partial charge in [-0.2, -0.15) is 0 Å².